The Labute approximate surface area is 102 Å². The van der Waals surface area contributed by atoms with Gasteiger partial charge in [0.15, 0.2) is 5.82 Å². The Morgan fingerprint density at radius 2 is 1.94 bits per heavy atom. The molecule has 90 valence electrons. The smallest absolute Gasteiger partial charge is 0.164 e. The molecular formula is C13H18N4. The zero-order valence-corrected chi connectivity index (χ0v) is 10.6. The molecule has 1 aromatic heterocycles. The molecule has 2 rings (SSSR count). The molecule has 0 radical (unpaired) electrons. The Kier molecular flexibility index (Phi) is 3.54. The summed E-state index contributed by atoms with van der Waals surface area (Å²) in [5.41, 5.74) is 3.93. The van der Waals surface area contributed by atoms with Crippen molar-refractivity contribution < 1.29 is 0 Å². The quantitative estimate of drug-likeness (QED) is 0.868. The van der Waals surface area contributed by atoms with Crippen molar-refractivity contribution in [3.63, 3.8) is 0 Å². The second-order valence-corrected chi connectivity index (χ2v) is 4.26. The van der Waals surface area contributed by atoms with Crippen LogP contribution in [0.5, 0.6) is 0 Å². The van der Waals surface area contributed by atoms with E-state index in [1.807, 2.05) is 11.7 Å². The van der Waals surface area contributed by atoms with Crippen LogP contribution in [0.1, 0.15) is 22.5 Å². The van der Waals surface area contributed by atoms with E-state index in [1.165, 1.54) is 16.7 Å². The summed E-state index contributed by atoms with van der Waals surface area (Å²) in [6, 6.07) is 6.35. The van der Waals surface area contributed by atoms with Crippen LogP contribution >= 0.6 is 0 Å². The minimum absolute atomic E-state index is 0.708. The van der Waals surface area contributed by atoms with E-state index in [0.717, 1.165) is 12.4 Å². The Hall–Kier alpha value is -1.68. The minimum atomic E-state index is 0.708. The Bertz CT molecular complexity index is 482. The molecule has 2 aromatic rings. The van der Waals surface area contributed by atoms with Crippen molar-refractivity contribution in [1.29, 1.82) is 0 Å². The third-order valence-corrected chi connectivity index (χ3v) is 2.88. The second-order valence-electron chi connectivity index (χ2n) is 4.26. The molecule has 1 heterocycles. The van der Waals surface area contributed by atoms with E-state index < -0.39 is 0 Å². The fraction of sp³-hybridized carbons (Fsp3) is 0.385. The number of aryl methyl sites for hydroxylation is 2. The van der Waals surface area contributed by atoms with Crippen LogP contribution in [-0.4, -0.2) is 21.8 Å². The summed E-state index contributed by atoms with van der Waals surface area (Å²) in [7, 11) is 1.90. The highest BCUT2D eigenvalue weighted by Gasteiger charge is 2.05. The van der Waals surface area contributed by atoms with E-state index in [0.29, 0.717) is 6.54 Å². The first-order valence-corrected chi connectivity index (χ1v) is 5.78. The summed E-state index contributed by atoms with van der Waals surface area (Å²) in [5, 5.41) is 7.47. The van der Waals surface area contributed by atoms with Crippen LogP contribution in [0.3, 0.4) is 0 Å². The van der Waals surface area contributed by atoms with Gasteiger partial charge in [-0.15, -0.1) is 0 Å². The van der Waals surface area contributed by atoms with Crippen LogP contribution in [-0.2, 0) is 13.1 Å². The molecule has 0 saturated carbocycles. The average molecular weight is 230 g/mol. The lowest BCUT2D eigenvalue weighted by molar-refractivity contribution is 0.654. The number of benzene rings is 1. The van der Waals surface area contributed by atoms with Crippen molar-refractivity contribution in [1.82, 2.24) is 20.1 Å². The maximum atomic E-state index is 4.42. The molecule has 0 atom stereocenters. The van der Waals surface area contributed by atoms with Crippen LogP contribution in [0.15, 0.2) is 24.5 Å². The molecule has 0 amide bonds. The van der Waals surface area contributed by atoms with Crippen molar-refractivity contribution in [2.45, 2.75) is 26.9 Å². The summed E-state index contributed by atoms with van der Waals surface area (Å²) in [5.74, 6) is 0.832. The first-order chi connectivity index (χ1) is 8.20. The molecule has 0 bridgehead atoms. The largest absolute Gasteiger partial charge is 0.313 e. The normalized spacial score (nSPS) is 10.8. The lowest BCUT2D eigenvalue weighted by Gasteiger charge is -2.08. The van der Waals surface area contributed by atoms with Crippen molar-refractivity contribution in [2.24, 2.45) is 0 Å². The van der Waals surface area contributed by atoms with Gasteiger partial charge in [-0.1, -0.05) is 18.2 Å². The predicted molar refractivity (Wildman–Crippen MR) is 67.8 cm³/mol. The minimum Gasteiger partial charge on any atom is -0.313 e. The van der Waals surface area contributed by atoms with E-state index in [9.17, 15) is 0 Å². The van der Waals surface area contributed by atoms with Crippen LogP contribution < -0.4 is 5.32 Å². The summed E-state index contributed by atoms with van der Waals surface area (Å²) in [6.45, 7) is 5.76. The van der Waals surface area contributed by atoms with E-state index in [-0.39, 0.29) is 0 Å². The molecule has 0 aliphatic carbocycles. The van der Waals surface area contributed by atoms with E-state index in [4.69, 9.17) is 0 Å². The molecule has 0 unspecified atom stereocenters. The zero-order valence-electron chi connectivity index (χ0n) is 10.6. The highest BCUT2D eigenvalue weighted by molar-refractivity contribution is 5.33. The molecule has 0 fully saturated rings. The van der Waals surface area contributed by atoms with Gasteiger partial charge in [0.1, 0.15) is 6.33 Å². The number of aromatic nitrogens is 3. The highest BCUT2D eigenvalue weighted by Crippen LogP contribution is 2.14. The van der Waals surface area contributed by atoms with Crippen LogP contribution in [0.2, 0.25) is 0 Å². The lowest BCUT2D eigenvalue weighted by atomic mass is 10.0. The topological polar surface area (TPSA) is 42.7 Å². The third kappa shape index (κ3) is 2.71. The van der Waals surface area contributed by atoms with Gasteiger partial charge >= 0.3 is 0 Å². The Balaban J connectivity index is 2.19. The summed E-state index contributed by atoms with van der Waals surface area (Å²) >= 11 is 0. The van der Waals surface area contributed by atoms with Crippen LogP contribution in [0.4, 0.5) is 0 Å². The van der Waals surface area contributed by atoms with Crippen molar-refractivity contribution in [3.05, 3.63) is 47.0 Å². The summed E-state index contributed by atoms with van der Waals surface area (Å²) < 4.78 is 1.89. The van der Waals surface area contributed by atoms with Gasteiger partial charge < -0.3 is 5.32 Å². The summed E-state index contributed by atoms with van der Waals surface area (Å²) in [4.78, 5) is 4.25. The van der Waals surface area contributed by atoms with E-state index in [1.54, 1.807) is 6.33 Å². The van der Waals surface area contributed by atoms with Gasteiger partial charge in [0.2, 0.25) is 0 Å². The van der Waals surface area contributed by atoms with Crippen LogP contribution in [0.25, 0.3) is 0 Å². The lowest BCUT2D eigenvalue weighted by Crippen LogP contribution is -2.08. The molecule has 0 spiro atoms. The van der Waals surface area contributed by atoms with Gasteiger partial charge in [-0.3, -0.25) is 0 Å². The molecule has 1 N–H and O–H groups in total. The van der Waals surface area contributed by atoms with Gasteiger partial charge in [-0.05, 0) is 37.6 Å². The van der Waals surface area contributed by atoms with Gasteiger partial charge in [0, 0.05) is 0 Å². The SMILES string of the molecule is CNCc1ncn(Cc2c(C)cccc2C)n1. The first-order valence-electron chi connectivity index (χ1n) is 5.78. The molecule has 17 heavy (non-hydrogen) atoms. The number of hydrogen-bond acceptors (Lipinski definition) is 3. The number of rotatable bonds is 4. The fourth-order valence-electron chi connectivity index (χ4n) is 1.91. The zero-order chi connectivity index (χ0) is 12.3. The van der Waals surface area contributed by atoms with Crippen molar-refractivity contribution >= 4 is 0 Å². The second kappa shape index (κ2) is 5.10. The number of nitrogens with zero attached hydrogens (tertiary/aromatic N) is 3. The standard InChI is InChI=1S/C13H18N4/c1-10-5-4-6-11(2)12(10)8-17-9-15-13(16-17)7-14-3/h4-6,9,14H,7-8H2,1-3H3. The fourth-order valence-corrected chi connectivity index (χ4v) is 1.91. The van der Waals surface area contributed by atoms with E-state index in [2.05, 4.69) is 47.4 Å². The van der Waals surface area contributed by atoms with E-state index >= 15 is 0 Å². The maximum Gasteiger partial charge on any atom is 0.164 e. The Morgan fingerprint density at radius 3 is 2.59 bits per heavy atom. The molecule has 4 nitrogen and oxygen atoms in total. The Morgan fingerprint density at radius 1 is 1.24 bits per heavy atom. The first kappa shape index (κ1) is 11.8. The average Bonchev–Trinajstić information content (AvgIpc) is 2.72. The van der Waals surface area contributed by atoms with Crippen molar-refractivity contribution in [2.75, 3.05) is 7.05 Å². The molecule has 0 saturated heterocycles. The molecular weight excluding hydrogens is 212 g/mol. The number of nitrogens with one attached hydrogen (secondary N) is 1. The molecule has 0 aliphatic rings. The van der Waals surface area contributed by atoms with Crippen molar-refractivity contribution in [3.8, 4) is 0 Å². The van der Waals surface area contributed by atoms with Gasteiger partial charge in [-0.2, -0.15) is 5.10 Å². The van der Waals surface area contributed by atoms with Gasteiger partial charge in [0.25, 0.3) is 0 Å². The summed E-state index contributed by atoms with van der Waals surface area (Å²) in [6.07, 6.45) is 1.79. The molecule has 0 aliphatic heterocycles. The number of hydrogen-bond donors (Lipinski definition) is 1. The van der Waals surface area contributed by atoms with Gasteiger partial charge in [-0.25, -0.2) is 9.67 Å². The maximum absolute atomic E-state index is 4.42. The van der Waals surface area contributed by atoms with Gasteiger partial charge in [0.05, 0.1) is 13.1 Å². The third-order valence-electron chi connectivity index (χ3n) is 2.88. The predicted octanol–water partition coefficient (Wildman–Crippen LogP) is 1.66. The molecule has 4 heteroatoms. The highest BCUT2D eigenvalue weighted by atomic mass is 15.3. The van der Waals surface area contributed by atoms with Crippen LogP contribution in [0, 0.1) is 13.8 Å². The molecule has 1 aromatic carbocycles. The monoisotopic (exact) mass is 230 g/mol.